The minimum absolute atomic E-state index is 0.00146. The van der Waals surface area contributed by atoms with Gasteiger partial charge in [-0.3, -0.25) is 9.59 Å². The van der Waals surface area contributed by atoms with E-state index in [4.69, 9.17) is 0 Å². The zero-order chi connectivity index (χ0) is 19.4. The number of Topliss-reactive ketones (excluding diaryl/α,β-unsaturated/α-hetero) is 1. The summed E-state index contributed by atoms with van der Waals surface area (Å²) in [5.74, 6) is 0.241. The molecule has 4 nitrogen and oxygen atoms in total. The predicted octanol–water partition coefficient (Wildman–Crippen LogP) is 5.12. The van der Waals surface area contributed by atoms with Crippen molar-refractivity contribution in [2.75, 3.05) is 10.6 Å². The van der Waals surface area contributed by atoms with Crippen molar-refractivity contribution in [3.8, 4) is 0 Å². The van der Waals surface area contributed by atoms with Crippen molar-refractivity contribution in [2.45, 2.75) is 52.5 Å². The van der Waals surface area contributed by atoms with Crippen LogP contribution in [-0.4, -0.2) is 17.7 Å². The standard InChI is InChI=1S/C23H28N2O2/c1-15-9-8-10-16(2)21(15)25-23(27)22(18-11-4-5-12-18)24-20-14-7-6-13-19(20)17(3)26/h6-10,13-14,18,22,24H,4-5,11-12H2,1-3H3,(H,25,27). The van der Waals surface area contributed by atoms with Crippen molar-refractivity contribution in [1.29, 1.82) is 0 Å². The molecule has 0 aromatic heterocycles. The van der Waals surface area contributed by atoms with Gasteiger partial charge in [0, 0.05) is 16.9 Å². The first kappa shape index (κ1) is 19.2. The van der Waals surface area contributed by atoms with Crippen LogP contribution in [-0.2, 0) is 4.79 Å². The Morgan fingerprint density at radius 3 is 2.22 bits per heavy atom. The highest BCUT2D eigenvalue weighted by molar-refractivity contribution is 6.02. The zero-order valence-corrected chi connectivity index (χ0v) is 16.3. The van der Waals surface area contributed by atoms with Crippen LogP contribution in [0.3, 0.4) is 0 Å². The maximum atomic E-state index is 13.2. The third kappa shape index (κ3) is 4.38. The summed E-state index contributed by atoms with van der Waals surface area (Å²) in [6, 6.07) is 13.1. The SMILES string of the molecule is CC(=O)c1ccccc1NC(C(=O)Nc1c(C)cccc1C)C1CCCC1. The molecule has 2 aromatic carbocycles. The average Bonchev–Trinajstić information content (AvgIpc) is 3.17. The molecule has 3 rings (SSSR count). The van der Waals surface area contributed by atoms with Crippen molar-refractivity contribution in [1.82, 2.24) is 0 Å². The minimum Gasteiger partial charge on any atom is -0.373 e. The van der Waals surface area contributed by atoms with E-state index < -0.39 is 0 Å². The van der Waals surface area contributed by atoms with Crippen molar-refractivity contribution in [3.05, 3.63) is 59.2 Å². The van der Waals surface area contributed by atoms with Gasteiger partial charge in [-0.15, -0.1) is 0 Å². The summed E-state index contributed by atoms with van der Waals surface area (Å²) in [5.41, 5.74) is 4.35. The van der Waals surface area contributed by atoms with Crippen molar-refractivity contribution in [3.63, 3.8) is 0 Å². The second-order valence-corrected chi connectivity index (χ2v) is 7.52. The highest BCUT2D eigenvalue weighted by atomic mass is 16.2. The molecule has 1 aliphatic rings. The van der Waals surface area contributed by atoms with Gasteiger partial charge in [0.1, 0.15) is 6.04 Å². The third-order valence-corrected chi connectivity index (χ3v) is 5.50. The number of hydrogen-bond donors (Lipinski definition) is 2. The first-order valence-electron chi connectivity index (χ1n) is 9.71. The fourth-order valence-corrected chi connectivity index (χ4v) is 3.98. The molecule has 1 atom stereocenters. The summed E-state index contributed by atoms with van der Waals surface area (Å²) in [6.07, 6.45) is 4.35. The van der Waals surface area contributed by atoms with Crippen LogP contribution >= 0.6 is 0 Å². The Labute approximate surface area is 161 Å². The van der Waals surface area contributed by atoms with Gasteiger partial charge in [-0.1, -0.05) is 43.2 Å². The lowest BCUT2D eigenvalue weighted by Gasteiger charge is -2.26. The molecule has 1 fully saturated rings. The molecule has 1 aliphatic carbocycles. The first-order valence-corrected chi connectivity index (χ1v) is 9.71. The second kappa shape index (κ2) is 8.38. The van der Waals surface area contributed by atoms with E-state index >= 15 is 0 Å². The number of amides is 1. The second-order valence-electron chi connectivity index (χ2n) is 7.52. The molecule has 0 bridgehead atoms. The summed E-state index contributed by atoms with van der Waals surface area (Å²) in [5, 5.41) is 6.54. The van der Waals surface area contributed by atoms with Crippen LogP contribution in [0.1, 0.15) is 54.1 Å². The van der Waals surface area contributed by atoms with Crippen LogP contribution in [0, 0.1) is 19.8 Å². The Kier molecular flexibility index (Phi) is 5.94. The van der Waals surface area contributed by atoms with Gasteiger partial charge in [-0.2, -0.15) is 0 Å². The van der Waals surface area contributed by atoms with Gasteiger partial charge in [-0.05, 0) is 62.8 Å². The number of rotatable bonds is 6. The monoisotopic (exact) mass is 364 g/mol. The molecule has 4 heteroatoms. The number of para-hydroxylation sites is 2. The number of benzene rings is 2. The maximum Gasteiger partial charge on any atom is 0.247 e. The molecular weight excluding hydrogens is 336 g/mol. The van der Waals surface area contributed by atoms with Crippen LogP contribution in [0.2, 0.25) is 0 Å². The number of anilines is 2. The molecule has 27 heavy (non-hydrogen) atoms. The lowest BCUT2D eigenvalue weighted by molar-refractivity contribution is -0.117. The van der Waals surface area contributed by atoms with E-state index in [9.17, 15) is 9.59 Å². The zero-order valence-electron chi connectivity index (χ0n) is 16.3. The van der Waals surface area contributed by atoms with Crippen molar-refractivity contribution >= 4 is 23.1 Å². The number of carbonyl (C=O) groups is 2. The van der Waals surface area contributed by atoms with E-state index in [0.29, 0.717) is 5.56 Å². The van der Waals surface area contributed by atoms with Gasteiger partial charge in [0.25, 0.3) is 0 Å². The van der Waals surface area contributed by atoms with Crippen molar-refractivity contribution in [2.24, 2.45) is 5.92 Å². The van der Waals surface area contributed by atoms with Crippen LogP contribution in [0.25, 0.3) is 0 Å². The summed E-state index contributed by atoms with van der Waals surface area (Å²) in [4.78, 5) is 25.2. The van der Waals surface area contributed by atoms with Crippen LogP contribution in [0.15, 0.2) is 42.5 Å². The largest absolute Gasteiger partial charge is 0.373 e. The van der Waals surface area contributed by atoms with Crippen molar-refractivity contribution < 1.29 is 9.59 Å². The Hall–Kier alpha value is -2.62. The third-order valence-electron chi connectivity index (χ3n) is 5.50. The fourth-order valence-electron chi connectivity index (χ4n) is 3.98. The molecule has 2 aromatic rings. The van der Waals surface area contributed by atoms with Gasteiger partial charge in [0.05, 0.1) is 0 Å². The minimum atomic E-state index is -0.355. The number of hydrogen-bond acceptors (Lipinski definition) is 3. The normalized spacial score (nSPS) is 15.4. The summed E-state index contributed by atoms with van der Waals surface area (Å²) >= 11 is 0. The Balaban J connectivity index is 1.88. The van der Waals surface area contributed by atoms with E-state index in [1.807, 2.05) is 50.2 Å². The Morgan fingerprint density at radius 1 is 0.963 bits per heavy atom. The van der Waals surface area contributed by atoms with Crippen LogP contribution in [0.4, 0.5) is 11.4 Å². The number of aryl methyl sites for hydroxylation is 2. The highest BCUT2D eigenvalue weighted by Gasteiger charge is 2.31. The van der Waals surface area contributed by atoms with E-state index in [1.54, 1.807) is 13.0 Å². The van der Waals surface area contributed by atoms with Gasteiger partial charge < -0.3 is 10.6 Å². The lowest BCUT2D eigenvalue weighted by Crippen LogP contribution is -2.40. The van der Waals surface area contributed by atoms with Crippen LogP contribution in [0.5, 0.6) is 0 Å². The topological polar surface area (TPSA) is 58.2 Å². The highest BCUT2D eigenvalue weighted by Crippen LogP contribution is 2.31. The molecule has 0 spiro atoms. The van der Waals surface area contributed by atoms with Crippen LogP contribution < -0.4 is 10.6 Å². The molecule has 1 unspecified atom stereocenters. The van der Waals surface area contributed by atoms with E-state index in [0.717, 1.165) is 48.2 Å². The number of nitrogens with one attached hydrogen (secondary N) is 2. The molecule has 2 N–H and O–H groups in total. The number of ketones is 1. The number of carbonyl (C=O) groups excluding carboxylic acids is 2. The molecule has 1 saturated carbocycles. The smallest absolute Gasteiger partial charge is 0.247 e. The van der Waals surface area contributed by atoms with Gasteiger partial charge in [-0.25, -0.2) is 0 Å². The summed E-state index contributed by atoms with van der Waals surface area (Å²) < 4.78 is 0. The summed E-state index contributed by atoms with van der Waals surface area (Å²) in [6.45, 7) is 5.57. The maximum absolute atomic E-state index is 13.2. The molecule has 0 aliphatic heterocycles. The summed E-state index contributed by atoms with van der Waals surface area (Å²) in [7, 11) is 0. The van der Waals surface area contributed by atoms with Gasteiger partial charge in [0.15, 0.2) is 5.78 Å². The molecular formula is C23H28N2O2. The molecule has 142 valence electrons. The molecule has 1 amide bonds. The van der Waals surface area contributed by atoms with Gasteiger partial charge in [0.2, 0.25) is 5.91 Å². The molecule has 0 radical (unpaired) electrons. The molecule has 0 heterocycles. The lowest BCUT2D eigenvalue weighted by atomic mass is 9.95. The van der Waals surface area contributed by atoms with Gasteiger partial charge >= 0.3 is 0 Å². The predicted molar refractivity (Wildman–Crippen MR) is 110 cm³/mol. The first-order chi connectivity index (χ1) is 13.0. The Morgan fingerprint density at radius 2 is 1.59 bits per heavy atom. The molecule has 0 saturated heterocycles. The quantitative estimate of drug-likeness (QED) is 0.700. The van der Waals surface area contributed by atoms with E-state index in [1.165, 1.54) is 0 Å². The fraction of sp³-hybridized carbons (Fsp3) is 0.391. The van der Waals surface area contributed by atoms with E-state index in [2.05, 4.69) is 10.6 Å². The van der Waals surface area contributed by atoms with E-state index in [-0.39, 0.29) is 23.7 Å². The average molecular weight is 364 g/mol. The Bertz CT molecular complexity index is 818.